The van der Waals surface area contributed by atoms with Crippen LogP contribution >= 0.6 is 0 Å². The molecule has 3 nitrogen and oxygen atoms in total. The molecule has 1 heterocycles. The summed E-state index contributed by atoms with van der Waals surface area (Å²) in [6, 6.07) is 8.53. The quantitative estimate of drug-likeness (QED) is 0.924. The van der Waals surface area contributed by atoms with Crippen molar-refractivity contribution in [3.05, 3.63) is 51.6 Å². The Morgan fingerprint density at radius 2 is 2.15 bits per heavy atom. The summed E-state index contributed by atoms with van der Waals surface area (Å²) < 4.78 is 0. The minimum absolute atomic E-state index is 0.0269. The first kappa shape index (κ1) is 13.1. The zero-order valence-corrected chi connectivity index (χ0v) is 12.1. The van der Waals surface area contributed by atoms with E-state index in [0.717, 1.165) is 23.5 Å². The number of H-pyrrole nitrogens is 1. The Morgan fingerprint density at radius 1 is 1.35 bits per heavy atom. The Hall–Kier alpha value is -1.90. The summed E-state index contributed by atoms with van der Waals surface area (Å²) in [6.07, 6.45) is 4.64. The second-order valence-corrected chi connectivity index (χ2v) is 5.59. The topological polar surface area (TPSA) is 45.8 Å². The molecule has 0 bridgehead atoms. The van der Waals surface area contributed by atoms with Gasteiger partial charge in [-0.1, -0.05) is 31.5 Å². The maximum Gasteiger partial charge on any atom is 0.254 e. The Labute approximate surface area is 119 Å². The number of hydrogen-bond donors (Lipinski definition) is 1. The van der Waals surface area contributed by atoms with Crippen LogP contribution in [0, 0.1) is 6.92 Å². The van der Waals surface area contributed by atoms with Crippen molar-refractivity contribution in [1.82, 2.24) is 9.97 Å². The van der Waals surface area contributed by atoms with Gasteiger partial charge in [0.1, 0.15) is 5.82 Å². The molecule has 1 fully saturated rings. The van der Waals surface area contributed by atoms with Gasteiger partial charge in [0.15, 0.2) is 0 Å². The first-order valence-electron chi connectivity index (χ1n) is 7.39. The predicted molar refractivity (Wildman–Crippen MR) is 81.0 cm³/mol. The number of rotatable bonds is 3. The molecule has 1 aromatic carbocycles. The molecule has 0 unspecified atom stereocenters. The van der Waals surface area contributed by atoms with Gasteiger partial charge in [-0.3, -0.25) is 4.79 Å². The Morgan fingerprint density at radius 3 is 2.80 bits per heavy atom. The fourth-order valence-corrected chi connectivity index (χ4v) is 2.71. The molecule has 1 aliphatic rings. The lowest BCUT2D eigenvalue weighted by Gasteiger charge is -2.26. The number of aromatic nitrogens is 2. The van der Waals surface area contributed by atoms with Gasteiger partial charge >= 0.3 is 0 Å². The third-order valence-corrected chi connectivity index (χ3v) is 4.27. The summed E-state index contributed by atoms with van der Waals surface area (Å²) in [5, 5.41) is 0. The predicted octanol–water partition coefficient (Wildman–Crippen LogP) is 3.58. The Balaban J connectivity index is 2.08. The van der Waals surface area contributed by atoms with E-state index in [0.29, 0.717) is 11.5 Å². The van der Waals surface area contributed by atoms with E-state index < -0.39 is 0 Å². The molecule has 0 atom stereocenters. The fraction of sp³-hybridized carbons (Fsp3) is 0.412. The maximum absolute atomic E-state index is 12.0. The largest absolute Gasteiger partial charge is 0.310 e. The van der Waals surface area contributed by atoms with Gasteiger partial charge in [-0.05, 0) is 37.3 Å². The standard InChI is InChI=1S/C17H20N2O/c1-3-15-18-16(11(2)17(20)19-15)14-9-5-8-13(10-14)12-6-4-7-12/h5,8-10,12H,3-4,6-7H2,1-2H3,(H,18,19,20). The van der Waals surface area contributed by atoms with Crippen molar-refractivity contribution in [2.75, 3.05) is 0 Å². The monoisotopic (exact) mass is 268 g/mol. The number of aromatic amines is 1. The van der Waals surface area contributed by atoms with E-state index in [1.54, 1.807) is 0 Å². The highest BCUT2D eigenvalue weighted by molar-refractivity contribution is 5.63. The van der Waals surface area contributed by atoms with Gasteiger partial charge in [0.05, 0.1) is 5.69 Å². The van der Waals surface area contributed by atoms with Gasteiger partial charge < -0.3 is 4.98 Å². The smallest absolute Gasteiger partial charge is 0.254 e. The summed E-state index contributed by atoms with van der Waals surface area (Å²) in [5.74, 6) is 1.45. The summed E-state index contributed by atoms with van der Waals surface area (Å²) in [7, 11) is 0. The molecular weight excluding hydrogens is 248 g/mol. The molecule has 1 saturated carbocycles. The van der Waals surface area contributed by atoms with Gasteiger partial charge in [-0.15, -0.1) is 0 Å². The van der Waals surface area contributed by atoms with Crippen molar-refractivity contribution in [3.63, 3.8) is 0 Å². The van der Waals surface area contributed by atoms with Crippen LogP contribution in [0.1, 0.15) is 49.1 Å². The van der Waals surface area contributed by atoms with Gasteiger partial charge in [0.25, 0.3) is 5.56 Å². The van der Waals surface area contributed by atoms with E-state index in [-0.39, 0.29) is 5.56 Å². The van der Waals surface area contributed by atoms with Crippen LogP contribution in [0.15, 0.2) is 29.1 Å². The molecule has 3 heteroatoms. The molecule has 1 aromatic heterocycles. The van der Waals surface area contributed by atoms with Crippen LogP contribution in [0.3, 0.4) is 0 Å². The molecule has 0 aliphatic heterocycles. The molecule has 0 saturated heterocycles. The van der Waals surface area contributed by atoms with Gasteiger partial charge in [-0.25, -0.2) is 4.98 Å². The number of nitrogens with zero attached hydrogens (tertiary/aromatic N) is 1. The van der Waals surface area contributed by atoms with Crippen molar-refractivity contribution in [1.29, 1.82) is 0 Å². The molecule has 1 N–H and O–H groups in total. The summed E-state index contributed by atoms with van der Waals surface area (Å²) >= 11 is 0. The van der Waals surface area contributed by atoms with E-state index in [1.165, 1.54) is 24.8 Å². The second kappa shape index (κ2) is 5.23. The van der Waals surface area contributed by atoms with Gasteiger partial charge in [0.2, 0.25) is 0 Å². The normalized spacial score (nSPS) is 15.1. The average molecular weight is 268 g/mol. The molecule has 0 spiro atoms. The van der Waals surface area contributed by atoms with Crippen molar-refractivity contribution < 1.29 is 0 Å². The highest BCUT2D eigenvalue weighted by atomic mass is 16.1. The number of benzene rings is 1. The highest BCUT2D eigenvalue weighted by Crippen LogP contribution is 2.37. The van der Waals surface area contributed by atoms with Gasteiger partial charge in [-0.2, -0.15) is 0 Å². The third-order valence-electron chi connectivity index (χ3n) is 4.27. The van der Waals surface area contributed by atoms with Crippen molar-refractivity contribution in [3.8, 4) is 11.3 Å². The lowest BCUT2D eigenvalue weighted by atomic mass is 9.79. The van der Waals surface area contributed by atoms with E-state index in [4.69, 9.17) is 0 Å². The van der Waals surface area contributed by atoms with E-state index >= 15 is 0 Å². The summed E-state index contributed by atoms with van der Waals surface area (Å²) in [6.45, 7) is 3.85. The number of nitrogens with one attached hydrogen (secondary N) is 1. The fourth-order valence-electron chi connectivity index (χ4n) is 2.71. The first-order chi connectivity index (χ1) is 9.69. The first-order valence-corrected chi connectivity index (χ1v) is 7.39. The molecule has 0 amide bonds. The zero-order valence-electron chi connectivity index (χ0n) is 12.1. The Kier molecular flexibility index (Phi) is 3.43. The van der Waals surface area contributed by atoms with Gasteiger partial charge in [0, 0.05) is 17.5 Å². The third kappa shape index (κ3) is 2.28. The maximum atomic E-state index is 12.0. The Bertz CT molecular complexity index is 684. The van der Waals surface area contributed by atoms with Crippen molar-refractivity contribution >= 4 is 0 Å². The number of hydrogen-bond acceptors (Lipinski definition) is 2. The van der Waals surface area contributed by atoms with E-state index in [9.17, 15) is 4.79 Å². The van der Waals surface area contributed by atoms with Crippen LogP contribution in [0.4, 0.5) is 0 Å². The zero-order chi connectivity index (χ0) is 14.1. The molecule has 3 rings (SSSR count). The minimum atomic E-state index is -0.0269. The van der Waals surface area contributed by atoms with Crippen LogP contribution in [-0.4, -0.2) is 9.97 Å². The van der Waals surface area contributed by atoms with Crippen LogP contribution in [0.5, 0.6) is 0 Å². The summed E-state index contributed by atoms with van der Waals surface area (Å²) in [5.41, 5.74) is 3.95. The SMILES string of the molecule is CCc1nc(-c2cccc(C3CCC3)c2)c(C)c(=O)[nH]1. The second-order valence-electron chi connectivity index (χ2n) is 5.59. The lowest BCUT2D eigenvalue weighted by Crippen LogP contribution is -2.16. The lowest BCUT2D eigenvalue weighted by molar-refractivity contribution is 0.420. The molecule has 0 radical (unpaired) electrons. The van der Waals surface area contributed by atoms with E-state index in [1.807, 2.05) is 13.8 Å². The minimum Gasteiger partial charge on any atom is -0.310 e. The van der Waals surface area contributed by atoms with E-state index in [2.05, 4.69) is 34.2 Å². The molecular formula is C17H20N2O. The molecule has 2 aromatic rings. The van der Waals surface area contributed by atoms with Crippen LogP contribution in [0.2, 0.25) is 0 Å². The molecule has 104 valence electrons. The number of aryl methyl sites for hydroxylation is 1. The van der Waals surface area contributed by atoms with Crippen molar-refractivity contribution in [2.24, 2.45) is 0 Å². The van der Waals surface area contributed by atoms with Crippen LogP contribution < -0.4 is 5.56 Å². The van der Waals surface area contributed by atoms with Crippen molar-refractivity contribution in [2.45, 2.75) is 45.4 Å². The molecule has 20 heavy (non-hydrogen) atoms. The summed E-state index contributed by atoms with van der Waals surface area (Å²) in [4.78, 5) is 19.4. The highest BCUT2D eigenvalue weighted by Gasteiger charge is 2.20. The van der Waals surface area contributed by atoms with Crippen LogP contribution in [-0.2, 0) is 6.42 Å². The van der Waals surface area contributed by atoms with Crippen LogP contribution in [0.25, 0.3) is 11.3 Å². The average Bonchev–Trinajstić information content (AvgIpc) is 2.40. The molecule has 1 aliphatic carbocycles.